The van der Waals surface area contributed by atoms with Gasteiger partial charge < -0.3 is 29.4 Å². The minimum Gasteiger partial charge on any atom is -0.380 e. The van der Waals surface area contributed by atoms with Crippen molar-refractivity contribution in [3.8, 4) is 54.6 Å². The highest BCUT2D eigenvalue weighted by atomic mass is 15.4. The third kappa shape index (κ3) is 17.6. The van der Waals surface area contributed by atoms with Crippen LogP contribution in [-0.4, -0.2) is 102 Å². The van der Waals surface area contributed by atoms with Crippen LogP contribution in [0.3, 0.4) is 0 Å². The van der Waals surface area contributed by atoms with E-state index in [9.17, 15) is 47.4 Å². The zero-order valence-corrected chi connectivity index (χ0v) is 63.0. The summed E-state index contributed by atoms with van der Waals surface area (Å²) >= 11 is 0. The third-order valence-corrected chi connectivity index (χ3v) is 20.8. The molecule has 107 heavy (non-hydrogen) atoms. The molecule has 0 aromatic heterocycles. The summed E-state index contributed by atoms with van der Waals surface area (Å²) in [5.74, 6) is 0. The van der Waals surface area contributed by atoms with Gasteiger partial charge >= 0.3 is 0 Å². The number of hydrogen-bond acceptors (Lipinski definition) is 15. The van der Waals surface area contributed by atoms with Crippen molar-refractivity contribution in [1.29, 1.82) is 47.4 Å². The first kappa shape index (κ1) is 80.8. The fourth-order valence-electron chi connectivity index (χ4n) is 16.1. The van der Waals surface area contributed by atoms with Crippen molar-refractivity contribution in [3.63, 3.8) is 0 Å². The van der Waals surface area contributed by atoms with Gasteiger partial charge in [-0.25, -0.2) is 75.2 Å². The van der Waals surface area contributed by atoms with Crippen LogP contribution in [0.25, 0.3) is 43.6 Å². The molecule has 9 rings (SSSR count). The molecule has 24 nitrogen and oxygen atoms in total. The highest BCUT2D eigenvalue weighted by Gasteiger charge is 2.44. The molecule has 534 valence electrons. The Hall–Kier alpha value is -13.5. The summed E-state index contributed by atoms with van der Waals surface area (Å²) in [4.78, 5) is 44.6. The molecule has 0 aromatic carbocycles. The van der Waals surface area contributed by atoms with Gasteiger partial charge in [0.25, 0.3) is 34.2 Å². The van der Waals surface area contributed by atoms with Crippen LogP contribution in [0.5, 0.6) is 0 Å². The predicted molar refractivity (Wildman–Crippen MR) is 397 cm³/mol. The van der Waals surface area contributed by atoms with Crippen LogP contribution in [0.2, 0.25) is 0 Å². The maximum absolute atomic E-state index is 10.0. The maximum Gasteiger partial charge on any atom is 0.266 e. The van der Waals surface area contributed by atoms with E-state index in [1.54, 1.807) is 0 Å². The van der Waals surface area contributed by atoms with Crippen LogP contribution < -0.4 is 0 Å². The molecular formula is C83H82N24. The van der Waals surface area contributed by atoms with Crippen molar-refractivity contribution >= 4 is 0 Å². The van der Waals surface area contributed by atoms with E-state index >= 15 is 0 Å². The highest BCUT2D eigenvalue weighted by Crippen LogP contribution is 2.52. The first-order valence-corrected chi connectivity index (χ1v) is 34.9. The highest BCUT2D eigenvalue weighted by molar-refractivity contribution is 5.59. The largest absolute Gasteiger partial charge is 0.380 e. The average Bonchev–Trinajstić information content (AvgIpc) is 1.76. The van der Waals surface area contributed by atoms with Crippen LogP contribution in [0.15, 0.2) is 136 Å². The van der Waals surface area contributed by atoms with Crippen LogP contribution in [0.1, 0.15) is 160 Å². The first-order chi connectivity index (χ1) is 50.6. The second kappa shape index (κ2) is 32.9. The Morgan fingerprint density at radius 1 is 0.252 bits per heavy atom. The van der Waals surface area contributed by atoms with Gasteiger partial charge in [0.05, 0.1) is 137 Å². The Labute approximate surface area is 631 Å². The van der Waals surface area contributed by atoms with E-state index in [0.29, 0.717) is 216 Å². The zero-order valence-electron chi connectivity index (χ0n) is 63.0. The van der Waals surface area contributed by atoms with Crippen molar-refractivity contribution < 1.29 is 0 Å². The van der Waals surface area contributed by atoms with Gasteiger partial charge in [-0.05, 0) is 143 Å². The molecule has 0 N–H and O–H groups in total. The predicted octanol–water partition coefficient (Wildman–Crippen LogP) is 16.6. The minimum atomic E-state index is -0.216. The summed E-state index contributed by atoms with van der Waals surface area (Å²) in [5, 5.41) is 86.9. The SMILES string of the molecule is [C-]#[N+]C1=C(N2CCN(C3=C(C#N)/C(=C(\C#N)[N+]#[C-])CC(C)(C)C3)C2)CC(C)(C)C/C1=C(\C#N)[N+]#[C-].[C-]#[N+]C1=C(N2CCN(C3=C(C#N)/C(=C(\C#N)[N+]#[C-])CC(C)(C)C3)CC2)CC(C)(C)C/C1=C(\C#N)[N+]#[C-].[C-]#[N+]C1=C(N2CCN(C3=C(C#N)/C(=C(\C#N)[N+]#[C-])CC(C)(C)C3)CC2)CC(C)(C)C/C1=C(\C#N)[N+]#[C-]. The van der Waals surface area contributed by atoms with Gasteiger partial charge in [0.2, 0.25) is 0 Å². The molecule has 0 radical (unpaired) electrons. The number of nitrogens with zero attached hydrogens (tertiary/aromatic N) is 24. The van der Waals surface area contributed by atoms with Crippen molar-refractivity contribution in [2.24, 2.45) is 32.5 Å². The molecule has 6 aliphatic carbocycles. The number of allylic oxidation sites excluding steroid dienone is 21. The van der Waals surface area contributed by atoms with Gasteiger partial charge in [0.1, 0.15) is 0 Å². The van der Waals surface area contributed by atoms with Gasteiger partial charge in [-0.3, -0.25) is 0 Å². The second-order valence-electron chi connectivity index (χ2n) is 32.5. The van der Waals surface area contributed by atoms with Crippen molar-refractivity contribution in [2.75, 3.05) is 72.1 Å². The Morgan fingerprint density at radius 3 is 0.626 bits per heavy atom. The first-order valence-electron chi connectivity index (χ1n) is 34.9. The van der Waals surface area contributed by atoms with Gasteiger partial charge in [-0.15, -0.1) is 0 Å². The van der Waals surface area contributed by atoms with Crippen LogP contribution in [0, 0.1) is 194 Å². The summed E-state index contributed by atoms with van der Waals surface area (Å²) < 4.78 is 0. The molecule has 0 bridgehead atoms. The number of hydrogen-bond donors (Lipinski definition) is 0. The lowest BCUT2D eigenvalue weighted by Gasteiger charge is -2.46. The molecule has 0 amide bonds. The van der Waals surface area contributed by atoms with Crippen LogP contribution >= 0.6 is 0 Å². The Bertz CT molecular complexity index is 4420. The van der Waals surface area contributed by atoms with Crippen molar-refractivity contribution in [1.82, 2.24) is 29.4 Å². The Morgan fingerprint density at radius 2 is 0.421 bits per heavy atom. The zero-order chi connectivity index (χ0) is 79.3. The topological polar surface area (TPSA) is 273 Å². The fourth-order valence-corrected chi connectivity index (χ4v) is 16.1. The number of piperazine rings is 2. The van der Waals surface area contributed by atoms with Crippen LogP contribution in [0.4, 0.5) is 0 Å². The van der Waals surface area contributed by atoms with Gasteiger partial charge in [-0.1, -0.05) is 83.1 Å². The summed E-state index contributed by atoms with van der Waals surface area (Å²) in [5.41, 5.74) is 9.59. The lowest BCUT2D eigenvalue weighted by atomic mass is 9.73. The molecular weight excluding hydrogens is 1330 g/mol. The van der Waals surface area contributed by atoms with Gasteiger partial charge in [-0.2, -0.15) is 15.8 Å². The Kier molecular flexibility index (Phi) is 24.8. The molecule has 3 saturated heterocycles. The monoisotopic (exact) mass is 1410 g/mol. The molecule has 0 saturated carbocycles. The second-order valence-corrected chi connectivity index (χ2v) is 32.5. The van der Waals surface area contributed by atoms with E-state index in [1.807, 2.05) is 36.4 Å². The maximum atomic E-state index is 10.0. The molecule has 0 spiro atoms. The molecule has 3 heterocycles. The molecule has 0 atom stereocenters. The van der Waals surface area contributed by atoms with Crippen LogP contribution in [-0.2, 0) is 0 Å². The summed E-state index contributed by atoms with van der Waals surface area (Å²) in [6.45, 7) is 99.7. The molecule has 0 unspecified atom stereocenters. The van der Waals surface area contributed by atoms with Gasteiger partial charge in [0, 0.05) is 99.6 Å². The summed E-state index contributed by atoms with van der Waals surface area (Å²) in [6, 6.07) is 18.6. The molecule has 0 aromatic rings. The summed E-state index contributed by atoms with van der Waals surface area (Å²) in [7, 11) is 0. The third-order valence-electron chi connectivity index (χ3n) is 20.8. The normalized spacial score (nSPS) is 23.8. The smallest absolute Gasteiger partial charge is 0.266 e. The fraction of sp³-hybridized carbons (Fsp3) is 0.494. The van der Waals surface area contributed by atoms with E-state index in [4.69, 9.17) is 59.1 Å². The average molecular weight is 1420 g/mol. The minimum absolute atomic E-state index is 0.00872. The van der Waals surface area contributed by atoms with E-state index < -0.39 is 0 Å². The molecule has 9 aliphatic rings. The quantitative estimate of drug-likeness (QED) is 0.177. The standard InChI is InChI=1S/2C28H28N8.C27H26N8/c2*1-27(2)12-19(22(17-30)32-5)21(16-29)24(14-27)35-8-10-36(11-9-35)25-15-28(3,4)13-20(26(25)34-7)23(18-31)33-6;1-26(2)10-18(21(15-29)31-5)20(14-28)23(12-26)34-8-9-35(17-34)24-13-27(3,4)11-19(25(24)33-7)22(16-30)32-6/h2*8-15H2,1-4H3;8-13,17H2,1-4H3/b2*22-19+,23-20-;21-18+,22-19-. The molecule has 3 fully saturated rings. The summed E-state index contributed by atoms with van der Waals surface area (Å²) in [6.07, 6.45) is 7.08. The van der Waals surface area contributed by atoms with E-state index in [0.717, 1.165) is 34.2 Å². The van der Waals surface area contributed by atoms with Gasteiger partial charge in [0.15, 0.2) is 17.1 Å². The van der Waals surface area contributed by atoms with E-state index in [2.05, 4.69) is 174 Å². The Balaban J connectivity index is 0.000000224. The van der Waals surface area contributed by atoms with E-state index in [-0.39, 0.29) is 66.7 Å². The molecule has 3 aliphatic heterocycles. The number of rotatable bonds is 6. The molecule has 24 heteroatoms. The van der Waals surface area contributed by atoms with Crippen molar-refractivity contribution in [2.45, 2.75) is 160 Å². The number of nitriles is 9. The van der Waals surface area contributed by atoms with Crippen molar-refractivity contribution in [3.05, 3.63) is 238 Å². The lowest BCUT2D eigenvalue weighted by molar-refractivity contribution is 0.156. The van der Waals surface area contributed by atoms with E-state index in [1.165, 1.54) is 0 Å². The lowest BCUT2D eigenvalue weighted by Crippen LogP contribution is -2.47.